The van der Waals surface area contributed by atoms with Crippen molar-refractivity contribution in [2.45, 2.75) is 122 Å². The molecule has 4 aliphatic carbocycles. The predicted octanol–water partition coefficient (Wildman–Crippen LogP) is -0.161. The molecule has 7 rings (SSSR count). The van der Waals surface area contributed by atoms with Crippen molar-refractivity contribution in [3.63, 3.8) is 0 Å². The highest BCUT2D eigenvalue weighted by molar-refractivity contribution is 5.89. The molecular formula is C32H45NO12. The summed E-state index contributed by atoms with van der Waals surface area (Å²) in [5.74, 6) is -9.40. The molecular weight excluding hydrogens is 590 g/mol. The van der Waals surface area contributed by atoms with Crippen LogP contribution in [0, 0.1) is 51.8 Å². The van der Waals surface area contributed by atoms with Gasteiger partial charge in [0.15, 0.2) is 11.4 Å². The van der Waals surface area contributed by atoms with Crippen LogP contribution in [0.3, 0.4) is 0 Å². The highest BCUT2D eigenvalue weighted by Crippen LogP contribution is 2.75. The molecule has 13 nitrogen and oxygen atoms in total. The Balaban J connectivity index is 1.49. The number of ether oxygens (including phenoxy) is 5. The van der Waals surface area contributed by atoms with E-state index in [4.69, 9.17) is 29.4 Å². The van der Waals surface area contributed by atoms with E-state index in [-0.39, 0.29) is 11.9 Å². The summed E-state index contributed by atoms with van der Waals surface area (Å²) < 4.78 is 30.1. The number of carbonyl (C=O) groups excluding carboxylic acids is 4. The van der Waals surface area contributed by atoms with Gasteiger partial charge in [-0.1, -0.05) is 13.8 Å². The Hall–Kier alpha value is -2.16. The molecule has 250 valence electrons. The summed E-state index contributed by atoms with van der Waals surface area (Å²) in [5.41, 5.74) is 0.663. The molecule has 5 N–H and O–H groups in total. The van der Waals surface area contributed by atoms with Crippen LogP contribution in [0.1, 0.15) is 61.8 Å². The summed E-state index contributed by atoms with van der Waals surface area (Å²) in [6, 6.07) is -1.02. The van der Waals surface area contributed by atoms with Gasteiger partial charge in [-0.3, -0.25) is 14.4 Å². The first-order valence-electron chi connectivity index (χ1n) is 16.0. The van der Waals surface area contributed by atoms with Crippen molar-refractivity contribution in [3.05, 3.63) is 0 Å². The second-order valence-electron chi connectivity index (χ2n) is 15.7. The van der Waals surface area contributed by atoms with Crippen molar-refractivity contribution < 1.29 is 58.2 Å². The average molecular weight is 636 g/mol. The Morgan fingerprint density at radius 2 is 1.56 bits per heavy atom. The summed E-state index contributed by atoms with van der Waals surface area (Å²) in [7, 11) is 0. The molecule has 7 aliphatic rings. The predicted molar refractivity (Wildman–Crippen MR) is 150 cm³/mol. The second kappa shape index (κ2) is 9.04. The lowest BCUT2D eigenvalue weighted by Crippen LogP contribution is -2.75. The van der Waals surface area contributed by atoms with E-state index in [0.717, 1.165) is 0 Å². The van der Waals surface area contributed by atoms with E-state index in [9.17, 15) is 34.5 Å². The normalized spacial score (nSPS) is 60.6. The first kappa shape index (κ1) is 31.4. The molecule has 2 unspecified atom stereocenters. The number of Topliss-reactive ketones (excluding diaryl/α,β-unsaturated/α-hetero) is 1. The van der Waals surface area contributed by atoms with Crippen molar-refractivity contribution >= 4 is 23.7 Å². The molecule has 45 heavy (non-hydrogen) atoms. The molecule has 3 aliphatic heterocycles. The molecule has 0 bridgehead atoms. The van der Waals surface area contributed by atoms with Gasteiger partial charge in [0.2, 0.25) is 5.79 Å². The number of hydrogen-bond donors (Lipinski definition) is 4. The Labute approximate surface area is 261 Å². The molecule has 0 radical (unpaired) electrons. The highest BCUT2D eigenvalue weighted by Gasteiger charge is 2.85. The number of hydrogen-bond acceptors (Lipinski definition) is 13. The summed E-state index contributed by atoms with van der Waals surface area (Å²) in [6.45, 7) is 12.3. The topological polar surface area (TPSA) is 204 Å². The van der Waals surface area contributed by atoms with Gasteiger partial charge in [-0.2, -0.15) is 0 Å². The number of rotatable bonds is 2. The van der Waals surface area contributed by atoms with Crippen LogP contribution in [0.25, 0.3) is 0 Å². The number of ketones is 1. The number of aliphatic hydroxyl groups is 3. The molecule has 3 saturated heterocycles. The van der Waals surface area contributed by atoms with E-state index >= 15 is 0 Å². The second-order valence-corrected chi connectivity index (χ2v) is 15.7. The summed E-state index contributed by atoms with van der Waals surface area (Å²) >= 11 is 0. The fourth-order valence-corrected chi connectivity index (χ4v) is 12.0. The van der Waals surface area contributed by atoms with Crippen LogP contribution in [0.2, 0.25) is 0 Å². The molecule has 0 spiro atoms. The van der Waals surface area contributed by atoms with E-state index in [1.807, 2.05) is 6.92 Å². The number of carbonyl (C=O) groups is 4. The van der Waals surface area contributed by atoms with E-state index < -0.39 is 124 Å². The standard InChI is InChI=1S/C32H45NO12/c1-10-16-19(30(6)31(7,40)27(39)45-32(30,8)44-10)22(37)17-15-18(24(41-11(2)34)26(29(16,17)5)42-12(3)35)28(4)13(20(33)21(15)36)9-14-23(43-14)25(28)38/h10,13-20,22-26,37-38,40H,9,33H2,1-8H3/t10-,13+,14-,15?,16-,17+,18?,19-,20-,22+,23-,24-,25-,26-,28-,29+,30-,31+,32-/m0/s1. The van der Waals surface area contributed by atoms with Crippen molar-refractivity contribution in [2.24, 2.45) is 57.5 Å². The van der Waals surface area contributed by atoms with Gasteiger partial charge in [0.25, 0.3) is 0 Å². The van der Waals surface area contributed by atoms with Gasteiger partial charge in [0, 0.05) is 61.2 Å². The monoisotopic (exact) mass is 635 g/mol. The fraction of sp³-hybridized carbons (Fsp3) is 0.875. The number of fused-ring (bicyclic) bond motifs is 10. The van der Waals surface area contributed by atoms with Gasteiger partial charge in [-0.15, -0.1) is 0 Å². The molecule has 0 aromatic heterocycles. The molecule has 0 aromatic carbocycles. The van der Waals surface area contributed by atoms with Crippen molar-refractivity contribution in [2.75, 3.05) is 0 Å². The van der Waals surface area contributed by atoms with Gasteiger partial charge >= 0.3 is 17.9 Å². The van der Waals surface area contributed by atoms with Crippen LogP contribution in [0.5, 0.6) is 0 Å². The van der Waals surface area contributed by atoms with Crippen molar-refractivity contribution in [1.29, 1.82) is 0 Å². The molecule has 0 amide bonds. The molecule has 4 saturated carbocycles. The maximum atomic E-state index is 14.6. The third-order valence-electron chi connectivity index (χ3n) is 14.1. The molecule has 7 fully saturated rings. The maximum absolute atomic E-state index is 14.6. The van der Waals surface area contributed by atoms with Gasteiger partial charge in [0.05, 0.1) is 35.9 Å². The molecule has 13 heteroatoms. The minimum absolute atomic E-state index is 0.253. The van der Waals surface area contributed by atoms with Crippen molar-refractivity contribution in [1.82, 2.24) is 0 Å². The zero-order chi connectivity index (χ0) is 33.1. The van der Waals surface area contributed by atoms with E-state index in [1.54, 1.807) is 27.7 Å². The zero-order valence-electron chi connectivity index (χ0n) is 26.9. The summed E-state index contributed by atoms with van der Waals surface area (Å²) in [6.07, 6.45) is -5.94. The minimum Gasteiger partial charge on any atom is -0.458 e. The molecule has 19 atom stereocenters. The van der Waals surface area contributed by atoms with Crippen LogP contribution >= 0.6 is 0 Å². The van der Waals surface area contributed by atoms with Crippen LogP contribution in [-0.4, -0.2) is 99.2 Å². The average Bonchev–Trinajstić information content (AvgIpc) is 3.63. The summed E-state index contributed by atoms with van der Waals surface area (Å²) in [5, 5.41) is 36.3. The van der Waals surface area contributed by atoms with Crippen LogP contribution in [0.4, 0.5) is 0 Å². The first-order chi connectivity index (χ1) is 20.7. The maximum Gasteiger partial charge on any atom is 0.341 e. The minimum atomic E-state index is -2.11. The largest absolute Gasteiger partial charge is 0.458 e. The number of esters is 3. The third kappa shape index (κ3) is 3.40. The smallest absolute Gasteiger partial charge is 0.341 e. The quantitative estimate of drug-likeness (QED) is 0.177. The SMILES string of the molecule is CC(=O)O[C@H]1C2C(C(=O)[C@@H](N)[C@H]3C[C@@H]4O[C@@H]4[C@H](O)[C@]23C)[C@@H]2[C@@H](O)[C@@H]3[C@H]([C@H](C)O[C@@]4(C)OC(=O)[C@@](C)(O)[C@]34C)[C@@]2(C)[C@H]1OC(C)=O. The lowest BCUT2D eigenvalue weighted by atomic mass is 9.41. The Bertz CT molecular complexity index is 1390. The zero-order valence-corrected chi connectivity index (χ0v) is 26.9. The van der Waals surface area contributed by atoms with Crippen LogP contribution in [0.15, 0.2) is 0 Å². The van der Waals surface area contributed by atoms with Gasteiger partial charge in [-0.05, 0) is 33.1 Å². The number of nitrogens with two attached hydrogens (primary N) is 1. The Morgan fingerprint density at radius 1 is 0.933 bits per heavy atom. The lowest BCUT2D eigenvalue weighted by molar-refractivity contribution is -0.340. The number of epoxide rings is 1. The Morgan fingerprint density at radius 3 is 2.16 bits per heavy atom. The van der Waals surface area contributed by atoms with E-state index in [1.165, 1.54) is 20.8 Å². The van der Waals surface area contributed by atoms with E-state index in [2.05, 4.69) is 0 Å². The Kier molecular flexibility index (Phi) is 6.32. The van der Waals surface area contributed by atoms with Crippen LogP contribution in [-0.2, 0) is 42.9 Å². The first-order valence-corrected chi connectivity index (χ1v) is 16.0. The van der Waals surface area contributed by atoms with Crippen molar-refractivity contribution in [3.8, 4) is 0 Å². The fourth-order valence-electron chi connectivity index (χ4n) is 12.0. The molecule has 3 heterocycles. The third-order valence-corrected chi connectivity index (χ3v) is 14.1. The summed E-state index contributed by atoms with van der Waals surface area (Å²) in [4.78, 5) is 53.5. The highest BCUT2D eigenvalue weighted by atomic mass is 16.7. The molecule has 0 aromatic rings. The van der Waals surface area contributed by atoms with Gasteiger partial charge in [-0.25, -0.2) is 4.79 Å². The van der Waals surface area contributed by atoms with Crippen LogP contribution < -0.4 is 5.73 Å². The van der Waals surface area contributed by atoms with Gasteiger partial charge < -0.3 is 44.7 Å². The van der Waals surface area contributed by atoms with E-state index in [0.29, 0.717) is 6.42 Å². The lowest BCUT2D eigenvalue weighted by Gasteiger charge is -2.65. The van der Waals surface area contributed by atoms with Gasteiger partial charge in [0.1, 0.15) is 18.3 Å². The number of aliphatic hydroxyl groups excluding tert-OH is 2.